The highest BCUT2D eigenvalue weighted by Gasteiger charge is 2.46. The van der Waals surface area contributed by atoms with E-state index in [1.165, 1.54) is 0 Å². The van der Waals surface area contributed by atoms with Crippen molar-refractivity contribution in [2.45, 2.75) is 32.2 Å². The van der Waals surface area contributed by atoms with Crippen LogP contribution in [0.4, 0.5) is 0 Å². The van der Waals surface area contributed by atoms with Gasteiger partial charge in [0.15, 0.2) is 0 Å². The van der Waals surface area contributed by atoms with Crippen LogP contribution in [0.5, 0.6) is 11.5 Å². The molecule has 0 aromatic heterocycles. The van der Waals surface area contributed by atoms with Crippen molar-refractivity contribution in [2.24, 2.45) is 11.8 Å². The van der Waals surface area contributed by atoms with Gasteiger partial charge in [-0.2, -0.15) is 0 Å². The number of carbonyl (C=O) groups excluding carboxylic acids is 1. The molecule has 23 heavy (non-hydrogen) atoms. The van der Waals surface area contributed by atoms with Crippen molar-refractivity contribution in [3.05, 3.63) is 23.8 Å². The molecule has 0 saturated heterocycles. The number of carbonyl (C=O) groups is 2. The predicted octanol–water partition coefficient (Wildman–Crippen LogP) is 2.03. The fourth-order valence-electron chi connectivity index (χ4n) is 2.73. The summed E-state index contributed by atoms with van der Waals surface area (Å²) >= 11 is 0. The predicted molar refractivity (Wildman–Crippen MR) is 84.8 cm³/mol. The monoisotopic (exact) mass is 321 g/mol. The zero-order valence-corrected chi connectivity index (χ0v) is 13.8. The minimum Gasteiger partial charge on any atom is -0.497 e. The lowest BCUT2D eigenvalue weighted by molar-refractivity contribution is -0.143. The number of amides is 1. The second-order valence-corrected chi connectivity index (χ2v) is 6.13. The van der Waals surface area contributed by atoms with E-state index in [0.717, 1.165) is 5.56 Å². The summed E-state index contributed by atoms with van der Waals surface area (Å²) in [7, 11) is 3.17. The van der Waals surface area contributed by atoms with Crippen LogP contribution in [-0.2, 0) is 9.59 Å². The maximum Gasteiger partial charge on any atom is 0.326 e. The van der Waals surface area contributed by atoms with Crippen molar-refractivity contribution in [1.82, 2.24) is 5.32 Å². The molecule has 0 bridgehead atoms. The lowest BCUT2D eigenvalue weighted by Crippen LogP contribution is -2.45. The zero-order chi connectivity index (χ0) is 17.1. The van der Waals surface area contributed by atoms with Gasteiger partial charge in [-0.3, -0.25) is 4.79 Å². The van der Waals surface area contributed by atoms with Gasteiger partial charge in [0.25, 0.3) is 0 Å². The first-order valence-electron chi connectivity index (χ1n) is 7.64. The largest absolute Gasteiger partial charge is 0.497 e. The molecule has 0 aliphatic heterocycles. The first kappa shape index (κ1) is 17.1. The lowest BCUT2D eigenvalue weighted by atomic mass is 10.0. The summed E-state index contributed by atoms with van der Waals surface area (Å²) in [5.74, 6) is -0.175. The van der Waals surface area contributed by atoms with Crippen LogP contribution in [0.2, 0.25) is 0 Å². The molecule has 2 rings (SSSR count). The van der Waals surface area contributed by atoms with Crippen LogP contribution in [-0.4, -0.2) is 37.2 Å². The van der Waals surface area contributed by atoms with Gasteiger partial charge in [-0.15, -0.1) is 0 Å². The van der Waals surface area contributed by atoms with E-state index in [1.54, 1.807) is 34.1 Å². The second-order valence-electron chi connectivity index (χ2n) is 6.13. The Bertz CT molecular complexity index is 599. The number of benzene rings is 1. The van der Waals surface area contributed by atoms with Crippen molar-refractivity contribution in [1.29, 1.82) is 0 Å². The molecule has 1 aromatic carbocycles. The Morgan fingerprint density at radius 1 is 1.26 bits per heavy atom. The minimum atomic E-state index is -1.01. The quantitative estimate of drug-likeness (QED) is 0.803. The standard InChI is InChI=1S/C17H23NO5/c1-9(2)15(17(20)21)18-16(19)13-8-11(13)12-7-10(22-3)5-6-14(12)23-4/h5-7,9,11,13,15H,8H2,1-4H3,(H,18,19)(H,20,21)/t11?,13?,15-/m1/s1. The first-order chi connectivity index (χ1) is 10.9. The third kappa shape index (κ3) is 3.75. The average molecular weight is 321 g/mol. The van der Waals surface area contributed by atoms with E-state index in [2.05, 4.69) is 5.32 Å². The Hall–Kier alpha value is -2.24. The molecule has 1 aromatic rings. The Morgan fingerprint density at radius 3 is 2.48 bits per heavy atom. The van der Waals surface area contributed by atoms with Crippen molar-refractivity contribution >= 4 is 11.9 Å². The molecule has 2 unspecified atom stereocenters. The minimum absolute atomic E-state index is 0.0293. The van der Waals surface area contributed by atoms with E-state index in [4.69, 9.17) is 9.47 Å². The molecule has 0 spiro atoms. The van der Waals surface area contributed by atoms with E-state index in [1.807, 2.05) is 12.1 Å². The number of rotatable bonds is 7. The van der Waals surface area contributed by atoms with Gasteiger partial charge in [0.05, 0.1) is 14.2 Å². The van der Waals surface area contributed by atoms with Crippen LogP contribution >= 0.6 is 0 Å². The summed E-state index contributed by atoms with van der Waals surface area (Å²) in [6, 6.07) is 4.62. The van der Waals surface area contributed by atoms with E-state index in [9.17, 15) is 14.7 Å². The third-order valence-electron chi connectivity index (χ3n) is 4.19. The van der Waals surface area contributed by atoms with Crippen LogP contribution in [0.15, 0.2) is 18.2 Å². The van der Waals surface area contributed by atoms with Gasteiger partial charge in [-0.05, 0) is 30.5 Å². The normalized spacial score (nSPS) is 20.7. The van der Waals surface area contributed by atoms with Crippen molar-refractivity contribution in [2.75, 3.05) is 14.2 Å². The summed E-state index contributed by atoms with van der Waals surface area (Å²) in [6.07, 6.45) is 0.680. The smallest absolute Gasteiger partial charge is 0.326 e. The van der Waals surface area contributed by atoms with Gasteiger partial charge in [0.2, 0.25) is 5.91 Å². The summed E-state index contributed by atoms with van der Waals surface area (Å²) in [6.45, 7) is 3.54. The molecule has 1 fully saturated rings. The van der Waals surface area contributed by atoms with E-state index < -0.39 is 12.0 Å². The zero-order valence-electron chi connectivity index (χ0n) is 13.8. The Morgan fingerprint density at radius 2 is 1.96 bits per heavy atom. The molecular formula is C17H23NO5. The van der Waals surface area contributed by atoms with E-state index >= 15 is 0 Å². The molecule has 6 heteroatoms. The molecule has 0 radical (unpaired) electrons. The van der Waals surface area contributed by atoms with Gasteiger partial charge in [0, 0.05) is 17.4 Å². The molecule has 1 amide bonds. The number of hydrogen-bond donors (Lipinski definition) is 2. The third-order valence-corrected chi connectivity index (χ3v) is 4.19. The average Bonchev–Trinajstić information content (AvgIpc) is 3.31. The molecule has 1 saturated carbocycles. The van der Waals surface area contributed by atoms with E-state index in [-0.39, 0.29) is 23.7 Å². The Labute approximate surface area is 135 Å². The van der Waals surface area contributed by atoms with Crippen molar-refractivity contribution in [3.8, 4) is 11.5 Å². The summed E-state index contributed by atoms with van der Waals surface area (Å²) in [5.41, 5.74) is 0.920. The fourth-order valence-corrected chi connectivity index (χ4v) is 2.73. The fraction of sp³-hybridized carbons (Fsp3) is 0.529. The highest BCUT2D eigenvalue weighted by atomic mass is 16.5. The summed E-state index contributed by atoms with van der Waals surface area (Å²) in [5, 5.41) is 11.8. The number of aliphatic carboxylic acids is 1. The molecule has 1 aliphatic rings. The number of ether oxygens (including phenoxy) is 2. The number of hydrogen-bond acceptors (Lipinski definition) is 4. The van der Waals surface area contributed by atoms with Crippen LogP contribution in [0.3, 0.4) is 0 Å². The number of methoxy groups -OCH3 is 2. The maximum atomic E-state index is 12.3. The van der Waals surface area contributed by atoms with Gasteiger partial charge < -0.3 is 19.9 Å². The molecule has 2 N–H and O–H groups in total. The maximum absolute atomic E-state index is 12.3. The molecule has 1 aliphatic carbocycles. The highest BCUT2D eigenvalue weighted by Crippen LogP contribution is 2.51. The molecule has 3 atom stereocenters. The van der Waals surface area contributed by atoms with Gasteiger partial charge >= 0.3 is 5.97 Å². The first-order valence-corrected chi connectivity index (χ1v) is 7.64. The second kappa shape index (κ2) is 6.89. The van der Waals surface area contributed by atoms with Crippen molar-refractivity contribution in [3.63, 3.8) is 0 Å². The highest BCUT2D eigenvalue weighted by molar-refractivity contribution is 5.87. The number of nitrogens with one attached hydrogen (secondary N) is 1. The van der Waals surface area contributed by atoms with Crippen LogP contribution in [0.25, 0.3) is 0 Å². The number of carboxylic acids is 1. The van der Waals surface area contributed by atoms with Crippen LogP contribution in [0, 0.1) is 11.8 Å². The summed E-state index contributed by atoms with van der Waals surface area (Å²) in [4.78, 5) is 23.5. The van der Waals surface area contributed by atoms with Crippen LogP contribution in [0.1, 0.15) is 31.7 Å². The molecule has 6 nitrogen and oxygen atoms in total. The molecule has 0 heterocycles. The Kier molecular flexibility index (Phi) is 5.13. The topological polar surface area (TPSA) is 84.9 Å². The SMILES string of the molecule is COc1ccc(OC)c(C2CC2C(=O)N[C@@H](C(=O)O)C(C)C)c1. The van der Waals surface area contributed by atoms with Crippen molar-refractivity contribution < 1.29 is 24.2 Å². The van der Waals surface area contributed by atoms with Crippen LogP contribution < -0.4 is 14.8 Å². The summed E-state index contributed by atoms with van der Waals surface area (Å²) < 4.78 is 10.6. The van der Waals surface area contributed by atoms with E-state index in [0.29, 0.717) is 17.9 Å². The van der Waals surface area contributed by atoms with Gasteiger partial charge in [-0.25, -0.2) is 4.79 Å². The molecule has 126 valence electrons. The lowest BCUT2D eigenvalue weighted by Gasteiger charge is -2.18. The Balaban J connectivity index is 2.10. The van der Waals surface area contributed by atoms with Gasteiger partial charge in [0.1, 0.15) is 17.5 Å². The number of carboxylic acid groups (broad SMARTS) is 1. The molecular weight excluding hydrogens is 298 g/mol. The van der Waals surface area contributed by atoms with Gasteiger partial charge in [-0.1, -0.05) is 13.8 Å².